The molecule has 4 N–H and O–H groups in total. The zero-order chi connectivity index (χ0) is 15.1. The Morgan fingerprint density at radius 1 is 1.43 bits per heavy atom. The summed E-state index contributed by atoms with van der Waals surface area (Å²) in [6.07, 6.45) is 4.78. The predicted octanol–water partition coefficient (Wildman–Crippen LogP) is 1.09. The molecule has 0 unspecified atom stereocenters. The minimum Gasteiger partial charge on any atom is -0.306 e. The van der Waals surface area contributed by atoms with E-state index in [0.29, 0.717) is 12.2 Å². The summed E-state index contributed by atoms with van der Waals surface area (Å²) >= 11 is 0. The molecule has 1 aliphatic carbocycles. The lowest BCUT2D eigenvalue weighted by atomic mass is 10.1. The summed E-state index contributed by atoms with van der Waals surface area (Å²) < 4.78 is 29.4. The van der Waals surface area contributed by atoms with Gasteiger partial charge in [0.15, 0.2) is 10.8 Å². The number of aromatic nitrogens is 2. The van der Waals surface area contributed by atoms with Gasteiger partial charge in [0.25, 0.3) is 10.0 Å². The lowest BCUT2D eigenvalue weighted by Gasteiger charge is -2.14. The number of imidazole rings is 1. The molecule has 0 saturated heterocycles. The Labute approximate surface area is 123 Å². The van der Waals surface area contributed by atoms with Crippen LogP contribution in [0.25, 0.3) is 5.65 Å². The predicted molar refractivity (Wildman–Crippen MR) is 80.1 cm³/mol. The number of hydrazine groups is 1. The Kier molecular flexibility index (Phi) is 3.39. The second-order valence-electron chi connectivity index (χ2n) is 5.52. The van der Waals surface area contributed by atoms with E-state index < -0.39 is 10.0 Å². The molecule has 2 aromatic heterocycles. The summed E-state index contributed by atoms with van der Waals surface area (Å²) in [4.78, 5) is 4.19. The number of nitrogens with two attached hydrogens (primary N) is 1. The van der Waals surface area contributed by atoms with Crippen LogP contribution in [0.5, 0.6) is 0 Å². The van der Waals surface area contributed by atoms with Gasteiger partial charge in [-0.2, -0.15) is 0 Å². The van der Waals surface area contributed by atoms with Crippen molar-refractivity contribution in [3.8, 4) is 0 Å². The average molecular weight is 309 g/mol. The minimum absolute atomic E-state index is 0.0486. The van der Waals surface area contributed by atoms with Crippen LogP contribution >= 0.6 is 0 Å². The number of hydrogen-bond donors (Lipinski definition) is 3. The van der Waals surface area contributed by atoms with Gasteiger partial charge in [-0.25, -0.2) is 24.0 Å². The topological polar surface area (TPSA) is 102 Å². The summed E-state index contributed by atoms with van der Waals surface area (Å²) in [7, 11) is -3.68. The largest absolute Gasteiger partial charge is 0.306 e. The fourth-order valence-corrected chi connectivity index (χ4v) is 3.88. The first-order chi connectivity index (χ1) is 10.0. The first kappa shape index (κ1) is 14.3. The van der Waals surface area contributed by atoms with Crippen LogP contribution in [-0.2, 0) is 10.0 Å². The molecule has 0 atom stereocenters. The van der Waals surface area contributed by atoms with Crippen molar-refractivity contribution >= 4 is 21.5 Å². The summed E-state index contributed by atoms with van der Waals surface area (Å²) in [5.74, 6) is 5.56. The normalized spacial score (nSPS) is 17.0. The van der Waals surface area contributed by atoms with Crippen molar-refractivity contribution in [3.05, 3.63) is 24.4 Å². The number of pyridine rings is 1. The highest BCUT2D eigenvalue weighted by Crippen LogP contribution is 2.48. The van der Waals surface area contributed by atoms with Gasteiger partial charge in [-0.3, -0.25) is 4.40 Å². The van der Waals surface area contributed by atoms with Gasteiger partial charge in [0.2, 0.25) is 0 Å². The van der Waals surface area contributed by atoms with E-state index in [1.807, 2.05) is 0 Å². The highest BCUT2D eigenvalue weighted by Gasteiger charge is 2.41. The van der Waals surface area contributed by atoms with Gasteiger partial charge >= 0.3 is 0 Å². The molecule has 114 valence electrons. The molecule has 0 aromatic carbocycles. The van der Waals surface area contributed by atoms with E-state index >= 15 is 0 Å². The van der Waals surface area contributed by atoms with E-state index in [4.69, 9.17) is 5.84 Å². The number of nitrogens with one attached hydrogen (secondary N) is 2. The molecule has 1 aliphatic rings. The Bertz CT molecular complexity index is 764. The van der Waals surface area contributed by atoms with Gasteiger partial charge in [-0.15, -0.1) is 0 Å². The quantitative estimate of drug-likeness (QED) is 0.547. The molecule has 3 rings (SSSR count). The maximum absolute atomic E-state index is 12.6. The van der Waals surface area contributed by atoms with Crippen LogP contribution in [-0.4, -0.2) is 24.3 Å². The van der Waals surface area contributed by atoms with Crippen molar-refractivity contribution < 1.29 is 8.42 Å². The molecule has 8 heteroatoms. The van der Waals surface area contributed by atoms with Gasteiger partial charge in [-0.05, 0) is 36.8 Å². The van der Waals surface area contributed by atoms with Crippen LogP contribution in [0.2, 0.25) is 0 Å². The van der Waals surface area contributed by atoms with Crippen molar-refractivity contribution in [3.63, 3.8) is 0 Å². The molecule has 0 spiro atoms. The van der Waals surface area contributed by atoms with E-state index in [-0.39, 0.29) is 16.3 Å². The smallest absolute Gasteiger partial charge is 0.260 e. The third kappa shape index (κ3) is 2.50. The summed E-state index contributed by atoms with van der Waals surface area (Å²) in [6.45, 7) is 2.54. The van der Waals surface area contributed by atoms with Crippen LogP contribution in [0.3, 0.4) is 0 Å². The third-order valence-electron chi connectivity index (χ3n) is 4.22. The monoisotopic (exact) mass is 309 g/mol. The fraction of sp³-hybridized carbons (Fsp3) is 0.462. The molecule has 21 heavy (non-hydrogen) atoms. The Morgan fingerprint density at radius 2 is 2.19 bits per heavy atom. The third-order valence-corrected chi connectivity index (χ3v) is 5.65. The maximum Gasteiger partial charge on any atom is 0.260 e. The minimum atomic E-state index is -3.68. The SMILES string of the molecule is CCC1(CNS(=O)(=O)c2c(NN)nc3ccccn23)CC1. The summed E-state index contributed by atoms with van der Waals surface area (Å²) in [6, 6.07) is 5.28. The number of nitrogens with zero attached hydrogens (tertiary/aromatic N) is 2. The maximum atomic E-state index is 12.6. The summed E-state index contributed by atoms with van der Waals surface area (Å²) in [5.41, 5.74) is 3.03. The molecule has 1 fully saturated rings. The molecular formula is C13H19N5O2S. The molecule has 0 aliphatic heterocycles. The lowest BCUT2D eigenvalue weighted by molar-refractivity contribution is 0.475. The highest BCUT2D eigenvalue weighted by atomic mass is 32.2. The van der Waals surface area contributed by atoms with E-state index in [2.05, 4.69) is 22.1 Å². The second-order valence-corrected chi connectivity index (χ2v) is 7.20. The van der Waals surface area contributed by atoms with Gasteiger partial charge < -0.3 is 5.43 Å². The van der Waals surface area contributed by atoms with E-state index in [9.17, 15) is 8.42 Å². The first-order valence-corrected chi connectivity index (χ1v) is 8.43. The number of sulfonamides is 1. The molecule has 0 radical (unpaired) electrons. The van der Waals surface area contributed by atoms with Gasteiger partial charge in [0.1, 0.15) is 5.65 Å². The lowest BCUT2D eigenvalue weighted by Crippen LogP contribution is -2.31. The number of rotatable bonds is 6. The van der Waals surface area contributed by atoms with Crippen LogP contribution in [0, 0.1) is 5.41 Å². The molecular weight excluding hydrogens is 290 g/mol. The van der Waals surface area contributed by atoms with E-state index in [1.165, 1.54) is 4.40 Å². The zero-order valence-corrected chi connectivity index (χ0v) is 12.7. The highest BCUT2D eigenvalue weighted by molar-refractivity contribution is 7.89. The summed E-state index contributed by atoms with van der Waals surface area (Å²) in [5, 5.41) is 0.0486. The fourth-order valence-electron chi connectivity index (χ4n) is 2.47. The Hall–Kier alpha value is -1.64. The molecule has 0 amide bonds. The molecule has 2 heterocycles. The van der Waals surface area contributed by atoms with Crippen molar-refractivity contribution in [1.29, 1.82) is 0 Å². The number of anilines is 1. The van der Waals surface area contributed by atoms with Crippen LogP contribution < -0.4 is 16.0 Å². The van der Waals surface area contributed by atoms with Crippen molar-refractivity contribution in [2.45, 2.75) is 31.2 Å². The van der Waals surface area contributed by atoms with Gasteiger partial charge in [0.05, 0.1) is 0 Å². The number of hydrogen-bond acceptors (Lipinski definition) is 5. The molecule has 1 saturated carbocycles. The van der Waals surface area contributed by atoms with Crippen molar-refractivity contribution in [2.75, 3.05) is 12.0 Å². The molecule has 7 nitrogen and oxygen atoms in total. The van der Waals surface area contributed by atoms with Gasteiger partial charge in [0, 0.05) is 12.7 Å². The standard InChI is InChI=1S/C13H19N5O2S/c1-2-13(6-7-13)9-15-21(19,20)12-11(17-14)16-10-5-3-4-8-18(10)12/h3-5,8,15,17H,2,6-7,9,14H2,1H3. The van der Waals surface area contributed by atoms with E-state index in [0.717, 1.165) is 19.3 Å². The number of fused-ring (bicyclic) bond motifs is 1. The Balaban J connectivity index is 1.98. The second kappa shape index (κ2) is 4.97. The van der Waals surface area contributed by atoms with Crippen molar-refractivity contribution in [2.24, 2.45) is 11.3 Å². The zero-order valence-electron chi connectivity index (χ0n) is 11.8. The molecule has 0 bridgehead atoms. The van der Waals surface area contributed by atoms with E-state index in [1.54, 1.807) is 24.4 Å². The Morgan fingerprint density at radius 3 is 2.81 bits per heavy atom. The molecule has 2 aromatic rings. The van der Waals surface area contributed by atoms with Crippen LogP contribution in [0.4, 0.5) is 5.82 Å². The average Bonchev–Trinajstić information content (AvgIpc) is 3.17. The van der Waals surface area contributed by atoms with Crippen LogP contribution in [0.15, 0.2) is 29.4 Å². The number of nitrogen functional groups attached to an aromatic ring is 1. The van der Waals surface area contributed by atoms with Crippen LogP contribution in [0.1, 0.15) is 26.2 Å². The first-order valence-electron chi connectivity index (χ1n) is 6.95. The van der Waals surface area contributed by atoms with Gasteiger partial charge in [-0.1, -0.05) is 13.0 Å². The van der Waals surface area contributed by atoms with Crippen molar-refractivity contribution in [1.82, 2.24) is 14.1 Å².